The molecule has 0 radical (unpaired) electrons. The van der Waals surface area contributed by atoms with Crippen molar-refractivity contribution in [1.82, 2.24) is 4.57 Å². The van der Waals surface area contributed by atoms with E-state index in [0.717, 1.165) is 28.4 Å². The molecule has 142 valence electrons. The quantitative estimate of drug-likeness (QED) is 0.617. The molecule has 3 aromatic rings. The smallest absolute Gasteiger partial charge is 0.383 e. The van der Waals surface area contributed by atoms with Gasteiger partial charge in [0.15, 0.2) is 4.80 Å². The lowest BCUT2D eigenvalue weighted by atomic mass is 10.1. The normalized spacial score (nSPS) is 12.7. The highest BCUT2D eigenvalue weighted by Gasteiger charge is 2.31. The molecule has 1 aromatic heterocycles. The third kappa shape index (κ3) is 4.23. The minimum Gasteiger partial charge on any atom is -0.383 e. The molecule has 0 aliphatic heterocycles. The highest BCUT2D eigenvalue weighted by molar-refractivity contribution is 7.16. The standard InChI is InChI=1S/C18H14ClF3N2O2S/c1-26-9-8-24-14-4-2-3-5-15(14)27-17(24)23-16(25)12-10-11(18(20,21)22)6-7-13(12)19/h2-7,10H,8-9H2,1H3/b23-17-. The largest absolute Gasteiger partial charge is 0.416 e. The van der Waals surface area contributed by atoms with E-state index in [-0.39, 0.29) is 10.6 Å². The molecule has 1 amide bonds. The zero-order valence-corrected chi connectivity index (χ0v) is 15.7. The van der Waals surface area contributed by atoms with Gasteiger partial charge >= 0.3 is 6.18 Å². The molecule has 0 spiro atoms. The van der Waals surface area contributed by atoms with Crippen LogP contribution in [0.4, 0.5) is 13.2 Å². The predicted octanol–water partition coefficient (Wildman–Crippen LogP) is 4.76. The van der Waals surface area contributed by atoms with Crippen molar-refractivity contribution in [2.24, 2.45) is 4.99 Å². The second-order valence-electron chi connectivity index (χ2n) is 5.61. The van der Waals surface area contributed by atoms with Crippen LogP contribution in [0, 0.1) is 0 Å². The van der Waals surface area contributed by atoms with Crippen molar-refractivity contribution < 1.29 is 22.7 Å². The summed E-state index contributed by atoms with van der Waals surface area (Å²) in [6.45, 7) is 0.843. The highest BCUT2D eigenvalue weighted by Crippen LogP contribution is 2.32. The first-order chi connectivity index (χ1) is 12.8. The number of nitrogens with zero attached hydrogens (tertiary/aromatic N) is 2. The molecule has 0 atom stereocenters. The molecule has 0 aliphatic carbocycles. The Labute approximate surface area is 161 Å². The maximum Gasteiger partial charge on any atom is 0.416 e. The maximum absolute atomic E-state index is 12.9. The maximum atomic E-state index is 12.9. The van der Waals surface area contributed by atoms with Gasteiger partial charge in [0.05, 0.1) is 33.0 Å². The van der Waals surface area contributed by atoms with Gasteiger partial charge in [-0.25, -0.2) is 0 Å². The molecule has 3 rings (SSSR count). The van der Waals surface area contributed by atoms with Crippen LogP contribution in [0.25, 0.3) is 10.2 Å². The van der Waals surface area contributed by atoms with Crippen LogP contribution in [-0.4, -0.2) is 24.2 Å². The average Bonchev–Trinajstić information content (AvgIpc) is 2.96. The van der Waals surface area contributed by atoms with Crippen molar-refractivity contribution in [2.75, 3.05) is 13.7 Å². The summed E-state index contributed by atoms with van der Waals surface area (Å²) in [4.78, 5) is 17.0. The lowest BCUT2D eigenvalue weighted by Gasteiger charge is -2.08. The second kappa shape index (κ2) is 7.84. The minimum atomic E-state index is -4.57. The van der Waals surface area contributed by atoms with Gasteiger partial charge in [-0.15, -0.1) is 0 Å². The first-order valence-electron chi connectivity index (χ1n) is 7.84. The van der Waals surface area contributed by atoms with Crippen molar-refractivity contribution in [2.45, 2.75) is 12.7 Å². The Kier molecular flexibility index (Phi) is 5.69. The number of thiazole rings is 1. The van der Waals surface area contributed by atoms with Crippen molar-refractivity contribution >= 4 is 39.1 Å². The van der Waals surface area contributed by atoms with E-state index >= 15 is 0 Å². The number of alkyl halides is 3. The van der Waals surface area contributed by atoms with Crippen LogP contribution < -0.4 is 4.80 Å². The Morgan fingerprint density at radius 3 is 2.70 bits per heavy atom. The highest BCUT2D eigenvalue weighted by atomic mass is 35.5. The third-order valence-corrected chi connectivity index (χ3v) is 5.22. The Hall–Kier alpha value is -2.16. The lowest BCUT2D eigenvalue weighted by Crippen LogP contribution is -2.19. The van der Waals surface area contributed by atoms with Gasteiger partial charge in [-0.1, -0.05) is 35.1 Å². The van der Waals surface area contributed by atoms with Crippen LogP contribution in [0.15, 0.2) is 47.5 Å². The number of para-hydroxylation sites is 1. The molecule has 0 unspecified atom stereocenters. The molecule has 2 aromatic carbocycles. The number of carbonyl (C=O) groups excluding carboxylic acids is 1. The summed E-state index contributed by atoms with van der Waals surface area (Å²) in [5.74, 6) is -0.830. The zero-order chi connectivity index (χ0) is 19.6. The number of carbonyl (C=O) groups is 1. The Morgan fingerprint density at radius 2 is 2.00 bits per heavy atom. The summed E-state index contributed by atoms with van der Waals surface area (Å²) >= 11 is 7.21. The number of fused-ring (bicyclic) bond motifs is 1. The summed E-state index contributed by atoms with van der Waals surface area (Å²) in [7, 11) is 1.56. The number of rotatable bonds is 4. The Balaban J connectivity index is 2.10. The molecule has 1 heterocycles. The fourth-order valence-corrected chi connectivity index (χ4v) is 3.77. The van der Waals surface area contributed by atoms with Crippen LogP contribution >= 0.6 is 22.9 Å². The SMILES string of the molecule is COCCn1/c(=N/C(=O)c2cc(C(F)(F)F)ccc2Cl)sc2ccccc21. The summed E-state index contributed by atoms with van der Waals surface area (Å²) in [6.07, 6.45) is -4.57. The number of methoxy groups -OCH3 is 1. The summed E-state index contributed by atoms with van der Waals surface area (Å²) in [6, 6.07) is 10.1. The fourth-order valence-electron chi connectivity index (χ4n) is 2.52. The van der Waals surface area contributed by atoms with Crippen LogP contribution in [-0.2, 0) is 17.5 Å². The third-order valence-electron chi connectivity index (χ3n) is 3.83. The monoisotopic (exact) mass is 414 g/mol. The van der Waals surface area contributed by atoms with E-state index in [4.69, 9.17) is 16.3 Å². The molecular formula is C18H14ClF3N2O2S. The van der Waals surface area contributed by atoms with E-state index < -0.39 is 17.6 Å². The minimum absolute atomic E-state index is 0.0821. The van der Waals surface area contributed by atoms with Crippen LogP contribution in [0.2, 0.25) is 5.02 Å². The molecule has 9 heteroatoms. The van der Waals surface area contributed by atoms with E-state index in [1.165, 1.54) is 11.3 Å². The molecule has 0 aliphatic rings. The predicted molar refractivity (Wildman–Crippen MR) is 98.0 cm³/mol. The number of benzene rings is 2. The van der Waals surface area contributed by atoms with Gasteiger partial charge in [0.1, 0.15) is 0 Å². The average molecular weight is 415 g/mol. The van der Waals surface area contributed by atoms with Crippen molar-refractivity contribution in [3.63, 3.8) is 0 Å². The van der Waals surface area contributed by atoms with Crippen molar-refractivity contribution in [3.8, 4) is 0 Å². The molecule has 27 heavy (non-hydrogen) atoms. The summed E-state index contributed by atoms with van der Waals surface area (Å²) < 4.78 is 46.6. The van der Waals surface area contributed by atoms with Gasteiger partial charge in [-0.05, 0) is 30.3 Å². The number of ether oxygens (including phenoxy) is 1. The molecule has 0 saturated carbocycles. The van der Waals surface area contributed by atoms with Gasteiger partial charge in [-0.3, -0.25) is 4.79 Å². The number of aromatic nitrogens is 1. The zero-order valence-electron chi connectivity index (χ0n) is 14.1. The first kappa shape index (κ1) is 19.6. The van der Waals surface area contributed by atoms with E-state index in [1.54, 1.807) is 11.7 Å². The van der Waals surface area contributed by atoms with E-state index in [2.05, 4.69) is 4.99 Å². The molecular weight excluding hydrogens is 401 g/mol. The Morgan fingerprint density at radius 1 is 1.26 bits per heavy atom. The van der Waals surface area contributed by atoms with Crippen LogP contribution in [0.5, 0.6) is 0 Å². The van der Waals surface area contributed by atoms with Gasteiger partial charge in [0, 0.05) is 13.7 Å². The molecule has 0 N–H and O–H groups in total. The lowest BCUT2D eigenvalue weighted by molar-refractivity contribution is -0.137. The van der Waals surface area contributed by atoms with Gasteiger partial charge in [-0.2, -0.15) is 18.2 Å². The molecule has 4 nitrogen and oxygen atoms in total. The fraction of sp³-hybridized carbons (Fsp3) is 0.222. The Bertz CT molecular complexity index is 1060. The number of amides is 1. The van der Waals surface area contributed by atoms with E-state index in [9.17, 15) is 18.0 Å². The first-order valence-corrected chi connectivity index (χ1v) is 9.04. The van der Waals surface area contributed by atoms with Gasteiger partial charge < -0.3 is 9.30 Å². The summed E-state index contributed by atoms with van der Waals surface area (Å²) in [5, 5.41) is -0.0821. The van der Waals surface area contributed by atoms with Crippen molar-refractivity contribution in [3.05, 3.63) is 63.4 Å². The number of hydrogen-bond donors (Lipinski definition) is 0. The van der Waals surface area contributed by atoms with Gasteiger partial charge in [0.25, 0.3) is 5.91 Å². The van der Waals surface area contributed by atoms with Crippen LogP contribution in [0.3, 0.4) is 0 Å². The second-order valence-corrected chi connectivity index (χ2v) is 7.02. The molecule has 0 saturated heterocycles. The topological polar surface area (TPSA) is 43.6 Å². The molecule has 0 fully saturated rings. The van der Waals surface area contributed by atoms with E-state index in [1.807, 2.05) is 24.3 Å². The van der Waals surface area contributed by atoms with Crippen molar-refractivity contribution in [1.29, 1.82) is 0 Å². The van der Waals surface area contributed by atoms with Crippen LogP contribution in [0.1, 0.15) is 15.9 Å². The van der Waals surface area contributed by atoms with E-state index in [0.29, 0.717) is 18.0 Å². The van der Waals surface area contributed by atoms with Gasteiger partial charge in [0.2, 0.25) is 0 Å². The number of hydrogen-bond acceptors (Lipinski definition) is 3. The summed E-state index contributed by atoms with van der Waals surface area (Å²) in [5.41, 5.74) is -0.377. The molecule has 0 bridgehead atoms. The number of halogens is 4.